The zero-order valence-corrected chi connectivity index (χ0v) is 11.0. The summed E-state index contributed by atoms with van der Waals surface area (Å²) in [6, 6.07) is 10.1. The van der Waals surface area contributed by atoms with E-state index in [0.717, 1.165) is 17.7 Å². The molecule has 2 unspecified atom stereocenters. The first-order valence-electron chi connectivity index (χ1n) is 6.60. The molecule has 1 aliphatic heterocycles. The molecule has 2 atom stereocenters. The van der Waals surface area contributed by atoms with E-state index in [9.17, 15) is 5.11 Å². The van der Waals surface area contributed by atoms with Crippen LogP contribution in [0.3, 0.4) is 0 Å². The molecule has 3 rings (SSSR count). The topological polar surface area (TPSA) is 47.3 Å². The summed E-state index contributed by atoms with van der Waals surface area (Å²) in [5.41, 5.74) is 3.28. The number of aryl methyl sites for hydroxylation is 1. The number of benzene rings is 1. The fraction of sp³-hybridized carbons (Fsp3) is 0.400. The molecule has 0 saturated carbocycles. The van der Waals surface area contributed by atoms with Crippen LogP contribution in [0.2, 0.25) is 0 Å². The molecular weight excluding hydrogens is 240 g/mol. The maximum atomic E-state index is 10.4. The zero-order valence-electron chi connectivity index (χ0n) is 11.0. The number of hydrogen-bond donors (Lipinski definition) is 1. The highest BCUT2D eigenvalue weighted by molar-refractivity contribution is 5.31. The Hall–Kier alpha value is -1.65. The first kappa shape index (κ1) is 12.4. The fourth-order valence-electron chi connectivity index (χ4n) is 2.64. The van der Waals surface area contributed by atoms with Gasteiger partial charge in [-0.3, -0.25) is 4.68 Å². The van der Waals surface area contributed by atoms with E-state index in [2.05, 4.69) is 11.2 Å². The van der Waals surface area contributed by atoms with Gasteiger partial charge in [0.2, 0.25) is 0 Å². The summed E-state index contributed by atoms with van der Waals surface area (Å²) in [6.07, 6.45) is 2.52. The van der Waals surface area contributed by atoms with Crippen LogP contribution in [0.25, 0.3) is 0 Å². The number of aliphatic hydroxyl groups excluding tert-OH is 1. The minimum atomic E-state index is -0.559. The summed E-state index contributed by atoms with van der Waals surface area (Å²) in [6.45, 7) is 0.668. The normalized spacial score (nSPS) is 20.0. The van der Waals surface area contributed by atoms with E-state index >= 15 is 0 Å². The van der Waals surface area contributed by atoms with E-state index in [1.165, 1.54) is 5.56 Å². The fourth-order valence-corrected chi connectivity index (χ4v) is 2.64. The molecule has 1 aromatic carbocycles. The molecule has 0 fully saturated rings. The lowest BCUT2D eigenvalue weighted by Crippen LogP contribution is -2.28. The lowest BCUT2D eigenvalue weighted by molar-refractivity contribution is -0.0464. The first-order valence-corrected chi connectivity index (χ1v) is 6.60. The van der Waals surface area contributed by atoms with Crippen LogP contribution in [0.1, 0.15) is 22.9 Å². The second kappa shape index (κ2) is 5.15. The van der Waals surface area contributed by atoms with E-state index in [1.807, 2.05) is 37.5 Å². The smallest absolute Gasteiger partial charge is 0.109 e. The van der Waals surface area contributed by atoms with Gasteiger partial charge in [0, 0.05) is 19.7 Å². The Balaban J connectivity index is 1.79. The molecule has 4 nitrogen and oxygen atoms in total. The van der Waals surface area contributed by atoms with Crippen LogP contribution >= 0.6 is 0 Å². The van der Waals surface area contributed by atoms with Gasteiger partial charge >= 0.3 is 0 Å². The van der Waals surface area contributed by atoms with Gasteiger partial charge in [-0.05, 0) is 23.6 Å². The molecule has 2 aromatic rings. The minimum Gasteiger partial charge on any atom is -0.390 e. The predicted molar refractivity (Wildman–Crippen MR) is 71.8 cm³/mol. The van der Waals surface area contributed by atoms with Gasteiger partial charge in [0.05, 0.1) is 18.4 Å². The highest BCUT2D eigenvalue weighted by Gasteiger charge is 2.27. The monoisotopic (exact) mass is 258 g/mol. The molecule has 1 aliphatic rings. The molecule has 100 valence electrons. The van der Waals surface area contributed by atoms with Gasteiger partial charge in [-0.2, -0.15) is 5.10 Å². The molecule has 4 heteroatoms. The van der Waals surface area contributed by atoms with Crippen molar-refractivity contribution >= 4 is 0 Å². The summed E-state index contributed by atoms with van der Waals surface area (Å²) in [5.74, 6) is 0. The molecule has 0 radical (unpaired) electrons. The SMILES string of the molecule is Cn1ccc(CC(O)C2OCCc3ccccc32)n1. The average molecular weight is 258 g/mol. The van der Waals surface area contributed by atoms with Gasteiger partial charge in [-0.25, -0.2) is 0 Å². The number of ether oxygens (including phenoxy) is 1. The molecular formula is C15H18N2O2. The van der Waals surface area contributed by atoms with E-state index in [4.69, 9.17) is 4.74 Å². The van der Waals surface area contributed by atoms with Gasteiger partial charge in [-0.1, -0.05) is 24.3 Å². The van der Waals surface area contributed by atoms with Crippen molar-refractivity contribution in [3.05, 3.63) is 53.3 Å². The highest BCUT2D eigenvalue weighted by atomic mass is 16.5. The molecule has 0 aliphatic carbocycles. The summed E-state index contributed by atoms with van der Waals surface area (Å²) >= 11 is 0. The van der Waals surface area contributed by atoms with Crippen molar-refractivity contribution < 1.29 is 9.84 Å². The predicted octanol–water partition coefficient (Wildman–Crippen LogP) is 1.64. The van der Waals surface area contributed by atoms with Gasteiger partial charge in [0.25, 0.3) is 0 Å². The maximum absolute atomic E-state index is 10.4. The van der Waals surface area contributed by atoms with E-state index in [-0.39, 0.29) is 6.10 Å². The van der Waals surface area contributed by atoms with Crippen LogP contribution in [-0.4, -0.2) is 27.6 Å². The standard InChI is InChI=1S/C15H18N2O2/c1-17-8-6-12(16-17)10-14(18)15-13-5-3-2-4-11(13)7-9-19-15/h2-6,8,14-15,18H,7,9-10H2,1H3. The number of aliphatic hydroxyl groups is 1. The van der Waals surface area contributed by atoms with Crippen molar-refractivity contribution in [1.29, 1.82) is 0 Å². The second-order valence-electron chi connectivity index (χ2n) is 4.99. The zero-order chi connectivity index (χ0) is 13.2. The molecule has 1 aromatic heterocycles. The van der Waals surface area contributed by atoms with Gasteiger partial charge in [0.15, 0.2) is 0 Å². The first-order chi connectivity index (χ1) is 9.24. The number of rotatable bonds is 3. The summed E-state index contributed by atoms with van der Waals surface area (Å²) in [4.78, 5) is 0. The van der Waals surface area contributed by atoms with E-state index in [1.54, 1.807) is 4.68 Å². The number of fused-ring (bicyclic) bond motifs is 1. The molecule has 0 saturated heterocycles. The molecule has 0 spiro atoms. The molecule has 0 amide bonds. The molecule has 2 heterocycles. The maximum Gasteiger partial charge on any atom is 0.109 e. The Morgan fingerprint density at radius 3 is 3.05 bits per heavy atom. The summed E-state index contributed by atoms with van der Waals surface area (Å²) in [7, 11) is 1.88. The van der Waals surface area contributed by atoms with Crippen LogP contribution in [0, 0.1) is 0 Å². The van der Waals surface area contributed by atoms with Gasteiger partial charge in [0.1, 0.15) is 6.10 Å². The quantitative estimate of drug-likeness (QED) is 0.910. The van der Waals surface area contributed by atoms with Gasteiger partial charge in [-0.15, -0.1) is 0 Å². The third-order valence-corrected chi connectivity index (χ3v) is 3.57. The Labute approximate surface area is 112 Å². The Kier molecular flexibility index (Phi) is 3.36. The minimum absolute atomic E-state index is 0.244. The van der Waals surface area contributed by atoms with E-state index in [0.29, 0.717) is 13.0 Å². The Bertz CT molecular complexity index is 565. The van der Waals surface area contributed by atoms with Crippen molar-refractivity contribution in [2.24, 2.45) is 7.05 Å². The Morgan fingerprint density at radius 1 is 1.42 bits per heavy atom. The number of aromatic nitrogens is 2. The third-order valence-electron chi connectivity index (χ3n) is 3.57. The summed E-state index contributed by atoms with van der Waals surface area (Å²) in [5, 5.41) is 14.7. The van der Waals surface area contributed by atoms with Crippen molar-refractivity contribution in [2.75, 3.05) is 6.61 Å². The Morgan fingerprint density at radius 2 is 2.26 bits per heavy atom. The molecule has 1 N–H and O–H groups in total. The third kappa shape index (κ3) is 2.55. The van der Waals surface area contributed by atoms with Crippen molar-refractivity contribution in [3.63, 3.8) is 0 Å². The van der Waals surface area contributed by atoms with Crippen LogP contribution < -0.4 is 0 Å². The van der Waals surface area contributed by atoms with Crippen molar-refractivity contribution in [1.82, 2.24) is 9.78 Å². The number of nitrogens with zero attached hydrogens (tertiary/aromatic N) is 2. The summed E-state index contributed by atoms with van der Waals surface area (Å²) < 4.78 is 7.51. The van der Waals surface area contributed by atoms with Crippen LogP contribution in [0.5, 0.6) is 0 Å². The highest BCUT2D eigenvalue weighted by Crippen LogP contribution is 2.30. The molecule has 0 bridgehead atoms. The number of hydrogen-bond acceptors (Lipinski definition) is 3. The van der Waals surface area contributed by atoms with Crippen molar-refractivity contribution in [3.8, 4) is 0 Å². The van der Waals surface area contributed by atoms with E-state index < -0.39 is 6.10 Å². The largest absolute Gasteiger partial charge is 0.390 e. The van der Waals surface area contributed by atoms with Crippen LogP contribution in [0.15, 0.2) is 36.5 Å². The average Bonchev–Trinajstić information content (AvgIpc) is 2.83. The van der Waals surface area contributed by atoms with Crippen molar-refractivity contribution in [2.45, 2.75) is 25.0 Å². The lowest BCUT2D eigenvalue weighted by atomic mass is 9.93. The van der Waals surface area contributed by atoms with Crippen LogP contribution in [0.4, 0.5) is 0 Å². The van der Waals surface area contributed by atoms with Crippen LogP contribution in [-0.2, 0) is 24.6 Å². The molecule has 19 heavy (non-hydrogen) atoms. The second-order valence-corrected chi connectivity index (χ2v) is 4.99. The van der Waals surface area contributed by atoms with Gasteiger partial charge < -0.3 is 9.84 Å². The lowest BCUT2D eigenvalue weighted by Gasteiger charge is -2.29.